The van der Waals surface area contributed by atoms with E-state index in [9.17, 15) is 8.42 Å². The largest absolute Gasteiger partial charge is 0.270 e. The van der Waals surface area contributed by atoms with Crippen molar-refractivity contribution in [1.29, 1.82) is 0 Å². The summed E-state index contributed by atoms with van der Waals surface area (Å²) in [7, 11) is -3.65. The van der Waals surface area contributed by atoms with Crippen molar-refractivity contribution in [2.75, 3.05) is 0 Å². The Labute approximate surface area is 132 Å². The highest BCUT2D eigenvalue weighted by Gasteiger charge is 2.20. The Balaban J connectivity index is 1.87. The highest BCUT2D eigenvalue weighted by Crippen LogP contribution is 2.21. The molecule has 0 saturated heterocycles. The number of hydrogen-bond acceptors (Lipinski definition) is 6. The Hall–Kier alpha value is -1.84. The van der Waals surface area contributed by atoms with Crippen LogP contribution in [0.5, 0.6) is 0 Å². The average Bonchev–Trinajstić information content (AvgIpc) is 3.11. The SMILES string of the molecule is CCn1ncc(CNS(=O)(=O)c2cccc3nsnc23)c1C. The molecule has 0 saturated carbocycles. The lowest BCUT2D eigenvalue weighted by Gasteiger charge is -2.07. The van der Waals surface area contributed by atoms with Gasteiger partial charge in [0.15, 0.2) is 0 Å². The van der Waals surface area contributed by atoms with Crippen LogP contribution in [-0.2, 0) is 23.1 Å². The van der Waals surface area contributed by atoms with Crippen molar-refractivity contribution in [2.24, 2.45) is 0 Å². The number of rotatable bonds is 5. The van der Waals surface area contributed by atoms with Crippen LogP contribution < -0.4 is 4.72 Å². The first-order valence-electron chi connectivity index (χ1n) is 6.75. The normalized spacial score (nSPS) is 12.1. The van der Waals surface area contributed by atoms with Gasteiger partial charge in [0.2, 0.25) is 10.0 Å². The molecule has 0 aliphatic carbocycles. The van der Waals surface area contributed by atoms with Gasteiger partial charge in [0.05, 0.1) is 17.9 Å². The van der Waals surface area contributed by atoms with E-state index >= 15 is 0 Å². The highest BCUT2D eigenvalue weighted by atomic mass is 32.2. The van der Waals surface area contributed by atoms with E-state index in [1.165, 1.54) is 6.07 Å². The summed E-state index contributed by atoms with van der Waals surface area (Å²) in [6, 6.07) is 4.94. The quantitative estimate of drug-likeness (QED) is 0.765. The van der Waals surface area contributed by atoms with Gasteiger partial charge in [-0.2, -0.15) is 13.8 Å². The molecule has 116 valence electrons. The molecule has 0 atom stereocenters. The van der Waals surface area contributed by atoms with E-state index in [0.717, 1.165) is 29.5 Å². The molecule has 0 aliphatic rings. The van der Waals surface area contributed by atoms with Crippen molar-refractivity contribution in [2.45, 2.75) is 31.8 Å². The van der Waals surface area contributed by atoms with Crippen LogP contribution in [0.1, 0.15) is 18.2 Å². The highest BCUT2D eigenvalue weighted by molar-refractivity contribution is 7.89. The van der Waals surface area contributed by atoms with Gasteiger partial charge < -0.3 is 0 Å². The molecule has 0 unspecified atom stereocenters. The number of nitrogens with zero attached hydrogens (tertiary/aromatic N) is 4. The molecule has 1 aromatic carbocycles. The fraction of sp³-hybridized carbons (Fsp3) is 0.308. The third-order valence-electron chi connectivity index (χ3n) is 3.50. The Morgan fingerprint density at radius 1 is 1.32 bits per heavy atom. The second kappa shape index (κ2) is 5.75. The van der Waals surface area contributed by atoms with Crippen LogP contribution in [0.25, 0.3) is 11.0 Å². The number of sulfonamides is 1. The Bertz CT molecular complexity index is 914. The first-order valence-corrected chi connectivity index (χ1v) is 8.96. The second-order valence-corrected chi connectivity index (χ2v) is 7.05. The molecule has 0 spiro atoms. The van der Waals surface area contributed by atoms with E-state index in [-0.39, 0.29) is 11.4 Å². The summed E-state index contributed by atoms with van der Waals surface area (Å²) >= 11 is 1.00. The fourth-order valence-electron chi connectivity index (χ4n) is 2.23. The second-order valence-electron chi connectivity index (χ2n) is 4.78. The predicted molar refractivity (Wildman–Crippen MR) is 84.1 cm³/mol. The molecule has 0 bridgehead atoms. The maximum absolute atomic E-state index is 12.5. The number of hydrogen-bond donors (Lipinski definition) is 1. The molecule has 2 aromatic heterocycles. The Kier molecular flexibility index (Phi) is 3.94. The molecular formula is C13H15N5O2S2. The van der Waals surface area contributed by atoms with Crippen LogP contribution in [0.4, 0.5) is 0 Å². The average molecular weight is 337 g/mol. The molecule has 1 N–H and O–H groups in total. The first kappa shape index (κ1) is 15.1. The lowest BCUT2D eigenvalue weighted by Crippen LogP contribution is -2.23. The van der Waals surface area contributed by atoms with Gasteiger partial charge in [-0.1, -0.05) is 6.07 Å². The molecule has 7 nitrogen and oxygen atoms in total. The van der Waals surface area contributed by atoms with Crippen LogP contribution >= 0.6 is 11.7 Å². The van der Waals surface area contributed by atoms with Crippen molar-refractivity contribution in [3.8, 4) is 0 Å². The summed E-state index contributed by atoms with van der Waals surface area (Å²) in [6.07, 6.45) is 1.69. The van der Waals surface area contributed by atoms with Crippen LogP contribution in [-0.4, -0.2) is 26.9 Å². The smallest absolute Gasteiger partial charge is 0.243 e. The third-order valence-corrected chi connectivity index (χ3v) is 5.47. The van der Waals surface area contributed by atoms with E-state index in [4.69, 9.17) is 0 Å². The van der Waals surface area contributed by atoms with E-state index in [1.807, 2.05) is 18.5 Å². The Morgan fingerprint density at radius 3 is 2.86 bits per heavy atom. The molecule has 0 aliphatic heterocycles. The number of aromatic nitrogens is 4. The molecule has 22 heavy (non-hydrogen) atoms. The first-order chi connectivity index (χ1) is 10.5. The molecule has 2 heterocycles. The molecule has 0 amide bonds. The Morgan fingerprint density at radius 2 is 2.14 bits per heavy atom. The van der Waals surface area contributed by atoms with E-state index in [1.54, 1.807) is 18.3 Å². The van der Waals surface area contributed by atoms with Gasteiger partial charge >= 0.3 is 0 Å². The van der Waals surface area contributed by atoms with Gasteiger partial charge in [0, 0.05) is 24.3 Å². The third kappa shape index (κ3) is 2.62. The zero-order chi connectivity index (χ0) is 15.7. The van der Waals surface area contributed by atoms with Gasteiger partial charge in [-0.3, -0.25) is 4.68 Å². The lowest BCUT2D eigenvalue weighted by atomic mass is 10.3. The molecule has 0 radical (unpaired) electrons. The predicted octanol–water partition coefficient (Wildman–Crippen LogP) is 1.69. The summed E-state index contributed by atoms with van der Waals surface area (Å²) in [4.78, 5) is 0.152. The van der Waals surface area contributed by atoms with Crippen molar-refractivity contribution in [3.63, 3.8) is 0 Å². The van der Waals surface area contributed by atoms with Crippen molar-refractivity contribution in [3.05, 3.63) is 35.7 Å². The molecule has 0 fully saturated rings. The molecule has 3 aromatic rings. The van der Waals surface area contributed by atoms with Crippen LogP contribution in [0.3, 0.4) is 0 Å². The molecule has 3 rings (SSSR count). The summed E-state index contributed by atoms with van der Waals surface area (Å²) in [5.74, 6) is 0. The standard InChI is InChI=1S/C13H15N5O2S2/c1-3-18-9(2)10(7-14-18)8-15-22(19,20)12-6-4-5-11-13(12)17-21-16-11/h4-7,15H,3,8H2,1-2H3. The number of benzene rings is 1. The van der Waals surface area contributed by atoms with E-state index in [2.05, 4.69) is 18.6 Å². The molecule has 9 heteroatoms. The minimum absolute atomic E-state index is 0.152. The number of nitrogens with one attached hydrogen (secondary N) is 1. The summed E-state index contributed by atoms with van der Waals surface area (Å²) in [5.41, 5.74) is 2.80. The van der Waals surface area contributed by atoms with Gasteiger partial charge in [-0.15, -0.1) is 0 Å². The summed E-state index contributed by atoms with van der Waals surface area (Å²) in [6.45, 7) is 4.86. The van der Waals surface area contributed by atoms with Crippen LogP contribution in [0.2, 0.25) is 0 Å². The van der Waals surface area contributed by atoms with Crippen LogP contribution in [0.15, 0.2) is 29.3 Å². The zero-order valence-electron chi connectivity index (χ0n) is 12.1. The minimum Gasteiger partial charge on any atom is -0.270 e. The van der Waals surface area contributed by atoms with E-state index < -0.39 is 10.0 Å². The topological polar surface area (TPSA) is 89.8 Å². The van der Waals surface area contributed by atoms with Gasteiger partial charge in [0.25, 0.3) is 0 Å². The van der Waals surface area contributed by atoms with E-state index in [0.29, 0.717) is 11.0 Å². The summed E-state index contributed by atoms with van der Waals surface area (Å²) in [5, 5.41) is 4.21. The van der Waals surface area contributed by atoms with Crippen LogP contribution in [0, 0.1) is 6.92 Å². The minimum atomic E-state index is -3.65. The fourth-order valence-corrected chi connectivity index (χ4v) is 4.00. The number of fused-ring (bicyclic) bond motifs is 1. The maximum Gasteiger partial charge on any atom is 0.243 e. The number of aryl methyl sites for hydroxylation is 1. The zero-order valence-corrected chi connectivity index (χ0v) is 13.8. The summed E-state index contributed by atoms with van der Waals surface area (Å²) < 4.78 is 37.6. The monoisotopic (exact) mass is 337 g/mol. The van der Waals surface area contributed by atoms with Crippen molar-refractivity contribution >= 4 is 32.8 Å². The van der Waals surface area contributed by atoms with Crippen molar-refractivity contribution in [1.82, 2.24) is 23.2 Å². The van der Waals surface area contributed by atoms with Gasteiger partial charge in [-0.25, -0.2) is 13.1 Å². The van der Waals surface area contributed by atoms with Gasteiger partial charge in [-0.05, 0) is 26.0 Å². The lowest BCUT2D eigenvalue weighted by molar-refractivity contribution is 0.581. The van der Waals surface area contributed by atoms with Crippen molar-refractivity contribution < 1.29 is 8.42 Å². The van der Waals surface area contributed by atoms with Gasteiger partial charge in [0.1, 0.15) is 15.9 Å². The molecular weight excluding hydrogens is 322 g/mol. The maximum atomic E-state index is 12.5.